The standard InChI is InChI=1S/C15H21N3O2S/c1-9-8-21-13(11(9)16)15-17-14(18-20-15)12(19-2)10-6-4-3-5-7-10/h8,10,12H,3-7,16H2,1-2H3. The van der Waals surface area contributed by atoms with E-state index in [-0.39, 0.29) is 6.10 Å². The Morgan fingerprint density at radius 2 is 2.14 bits per heavy atom. The molecule has 1 aliphatic carbocycles. The van der Waals surface area contributed by atoms with Crippen molar-refractivity contribution in [2.75, 3.05) is 12.8 Å². The van der Waals surface area contributed by atoms with E-state index in [2.05, 4.69) is 10.1 Å². The van der Waals surface area contributed by atoms with E-state index in [1.165, 1.54) is 43.4 Å². The maximum Gasteiger partial charge on any atom is 0.270 e. The van der Waals surface area contributed by atoms with E-state index < -0.39 is 0 Å². The Kier molecular flexibility index (Phi) is 4.26. The lowest BCUT2D eigenvalue weighted by atomic mass is 9.85. The number of thiophene rings is 1. The topological polar surface area (TPSA) is 74.2 Å². The molecule has 2 aromatic heterocycles. The summed E-state index contributed by atoms with van der Waals surface area (Å²) < 4.78 is 11.1. The van der Waals surface area contributed by atoms with Gasteiger partial charge >= 0.3 is 0 Å². The van der Waals surface area contributed by atoms with Crippen LogP contribution in [0.1, 0.15) is 49.6 Å². The fourth-order valence-electron chi connectivity index (χ4n) is 3.01. The SMILES string of the molecule is COC(c1noc(-c2scc(C)c2N)n1)C1CCCCC1. The maximum atomic E-state index is 6.05. The predicted octanol–water partition coefficient (Wildman–Crippen LogP) is 3.96. The third-order valence-corrected chi connectivity index (χ3v) is 5.35. The summed E-state index contributed by atoms with van der Waals surface area (Å²) in [7, 11) is 1.72. The van der Waals surface area contributed by atoms with Gasteiger partial charge in [0.2, 0.25) is 5.82 Å². The zero-order valence-electron chi connectivity index (χ0n) is 12.5. The van der Waals surface area contributed by atoms with E-state index in [1.807, 2.05) is 12.3 Å². The number of nitrogens with two attached hydrogens (primary N) is 1. The summed E-state index contributed by atoms with van der Waals surface area (Å²) >= 11 is 1.54. The average molecular weight is 307 g/mol. The first-order valence-electron chi connectivity index (χ1n) is 7.41. The van der Waals surface area contributed by atoms with Crippen LogP contribution in [-0.2, 0) is 4.74 Å². The highest BCUT2D eigenvalue weighted by Gasteiger charge is 2.29. The van der Waals surface area contributed by atoms with Gasteiger partial charge in [0.25, 0.3) is 5.89 Å². The number of aryl methyl sites for hydroxylation is 1. The Bertz CT molecular complexity index is 602. The third kappa shape index (κ3) is 2.82. The van der Waals surface area contributed by atoms with Crippen LogP contribution in [0.25, 0.3) is 10.8 Å². The lowest BCUT2D eigenvalue weighted by Crippen LogP contribution is -2.19. The lowest BCUT2D eigenvalue weighted by Gasteiger charge is -2.26. The number of methoxy groups -OCH3 is 1. The van der Waals surface area contributed by atoms with Crippen molar-refractivity contribution >= 4 is 17.0 Å². The van der Waals surface area contributed by atoms with Crippen LogP contribution in [0.4, 0.5) is 5.69 Å². The van der Waals surface area contributed by atoms with Crippen molar-refractivity contribution in [3.63, 3.8) is 0 Å². The fourth-order valence-corrected chi connectivity index (χ4v) is 3.90. The zero-order valence-corrected chi connectivity index (χ0v) is 13.3. The Morgan fingerprint density at radius 1 is 1.38 bits per heavy atom. The highest BCUT2D eigenvalue weighted by atomic mass is 32.1. The summed E-state index contributed by atoms with van der Waals surface area (Å²) in [6.07, 6.45) is 6.09. The van der Waals surface area contributed by atoms with Crippen LogP contribution < -0.4 is 5.73 Å². The summed E-state index contributed by atoms with van der Waals surface area (Å²) in [5.41, 5.74) is 7.82. The van der Waals surface area contributed by atoms with Crippen molar-refractivity contribution in [2.45, 2.75) is 45.1 Å². The average Bonchev–Trinajstić information content (AvgIpc) is 3.10. The number of nitrogen functional groups attached to an aromatic ring is 1. The second-order valence-corrected chi connectivity index (χ2v) is 6.55. The van der Waals surface area contributed by atoms with E-state index in [0.29, 0.717) is 17.6 Å². The molecular weight excluding hydrogens is 286 g/mol. The van der Waals surface area contributed by atoms with Crippen LogP contribution in [-0.4, -0.2) is 17.3 Å². The van der Waals surface area contributed by atoms with Crippen LogP contribution in [0.2, 0.25) is 0 Å². The summed E-state index contributed by atoms with van der Waals surface area (Å²) in [6.45, 7) is 1.98. The largest absolute Gasteiger partial charge is 0.397 e. The van der Waals surface area contributed by atoms with Crippen molar-refractivity contribution in [3.05, 3.63) is 16.8 Å². The molecule has 114 valence electrons. The number of aromatic nitrogens is 2. The van der Waals surface area contributed by atoms with Gasteiger partial charge in [0, 0.05) is 7.11 Å². The van der Waals surface area contributed by atoms with Crippen molar-refractivity contribution in [1.82, 2.24) is 10.1 Å². The van der Waals surface area contributed by atoms with Gasteiger partial charge in [-0.05, 0) is 36.6 Å². The predicted molar refractivity (Wildman–Crippen MR) is 83.1 cm³/mol. The highest BCUT2D eigenvalue weighted by molar-refractivity contribution is 7.14. The minimum Gasteiger partial charge on any atom is -0.397 e. The molecule has 3 rings (SSSR count). The molecule has 1 unspecified atom stereocenters. The minimum atomic E-state index is -0.0786. The molecule has 0 aliphatic heterocycles. The quantitative estimate of drug-likeness (QED) is 0.925. The summed E-state index contributed by atoms with van der Waals surface area (Å²) in [5, 5.41) is 6.13. The van der Waals surface area contributed by atoms with E-state index in [9.17, 15) is 0 Å². The number of anilines is 1. The molecule has 2 N–H and O–H groups in total. The molecule has 2 aromatic rings. The van der Waals surface area contributed by atoms with E-state index >= 15 is 0 Å². The van der Waals surface area contributed by atoms with Gasteiger partial charge in [-0.1, -0.05) is 24.4 Å². The van der Waals surface area contributed by atoms with Gasteiger partial charge < -0.3 is 15.0 Å². The van der Waals surface area contributed by atoms with E-state index in [4.69, 9.17) is 15.0 Å². The van der Waals surface area contributed by atoms with Gasteiger partial charge in [-0.3, -0.25) is 0 Å². The molecule has 21 heavy (non-hydrogen) atoms. The first-order valence-corrected chi connectivity index (χ1v) is 8.29. The van der Waals surface area contributed by atoms with E-state index in [0.717, 1.165) is 16.1 Å². The Balaban J connectivity index is 1.84. The molecule has 0 bridgehead atoms. The number of nitrogens with zero attached hydrogens (tertiary/aromatic N) is 2. The highest BCUT2D eigenvalue weighted by Crippen LogP contribution is 2.38. The summed E-state index contributed by atoms with van der Waals surface area (Å²) in [4.78, 5) is 5.38. The van der Waals surface area contributed by atoms with Gasteiger partial charge in [-0.2, -0.15) is 4.98 Å². The Labute approximate surface area is 128 Å². The summed E-state index contributed by atoms with van der Waals surface area (Å²) in [5.74, 6) is 1.62. The molecule has 5 nitrogen and oxygen atoms in total. The normalized spacial score (nSPS) is 18.0. The van der Waals surface area contributed by atoms with Crippen LogP contribution in [0.15, 0.2) is 9.90 Å². The zero-order chi connectivity index (χ0) is 14.8. The van der Waals surface area contributed by atoms with Gasteiger partial charge in [0.05, 0.1) is 5.69 Å². The maximum absolute atomic E-state index is 6.05. The monoisotopic (exact) mass is 307 g/mol. The minimum absolute atomic E-state index is 0.0786. The van der Waals surface area contributed by atoms with Crippen molar-refractivity contribution in [2.24, 2.45) is 5.92 Å². The van der Waals surface area contributed by atoms with Crippen LogP contribution >= 0.6 is 11.3 Å². The molecule has 2 heterocycles. The van der Waals surface area contributed by atoms with Crippen molar-refractivity contribution in [3.8, 4) is 10.8 Å². The smallest absolute Gasteiger partial charge is 0.270 e. The fraction of sp³-hybridized carbons (Fsp3) is 0.600. The van der Waals surface area contributed by atoms with Crippen molar-refractivity contribution in [1.29, 1.82) is 0 Å². The molecule has 1 fully saturated rings. The van der Waals surface area contributed by atoms with Crippen molar-refractivity contribution < 1.29 is 9.26 Å². The van der Waals surface area contributed by atoms with Gasteiger partial charge in [0.15, 0.2) is 0 Å². The first kappa shape index (κ1) is 14.5. The molecular formula is C15H21N3O2S. The number of ether oxygens (including phenoxy) is 1. The second kappa shape index (κ2) is 6.15. The Hall–Kier alpha value is -1.40. The summed E-state index contributed by atoms with van der Waals surface area (Å²) in [6, 6.07) is 0. The van der Waals surface area contributed by atoms with Gasteiger partial charge in [-0.15, -0.1) is 11.3 Å². The van der Waals surface area contributed by atoms with Crippen LogP contribution in [0.5, 0.6) is 0 Å². The molecule has 1 saturated carbocycles. The molecule has 0 saturated heterocycles. The molecule has 1 atom stereocenters. The third-order valence-electron chi connectivity index (χ3n) is 4.25. The van der Waals surface area contributed by atoms with E-state index in [1.54, 1.807) is 7.11 Å². The van der Waals surface area contributed by atoms with Crippen LogP contribution in [0.3, 0.4) is 0 Å². The number of hydrogen-bond donors (Lipinski definition) is 1. The lowest BCUT2D eigenvalue weighted by molar-refractivity contribution is 0.0274. The number of hydrogen-bond acceptors (Lipinski definition) is 6. The van der Waals surface area contributed by atoms with Gasteiger partial charge in [-0.25, -0.2) is 0 Å². The molecule has 0 amide bonds. The Morgan fingerprint density at radius 3 is 2.76 bits per heavy atom. The first-order chi connectivity index (χ1) is 10.2. The molecule has 1 aliphatic rings. The molecule has 6 heteroatoms. The number of rotatable bonds is 4. The molecule has 0 radical (unpaired) electrons. The molecule has 0 spiro atoms. The molecule has 0 aromatic carbocycles. The van der Waals surface area contributed by atoms with Gasteiger partial charge in [0.1, 0.15) is 11.0 Å². The second-order valence-electron chi connectivity index (χ2n) is 5.67. The van der Waals surface area contributed by atoms with Crippen LogP contribution in [0, 0.1) is 12.8 Å².